The van der Waals surface area contributed by atoms with E-state index in [1.807, 2.05) is 36.5 Å². The van der Waals surface area contributed by atoms with E-state index in [-0.39, 0.29) is 12.0 Å². The molecule has 0 fully saturated rings. The number of rotatable bonds is 4. The van der Waals surface area contributed by atoms with E-state index in [0.29, 0.717) is 6.42 Å². The van der Waals surface area contributed by atoms with Gasteiger partial charge in [0.2, 0.25) is 0 Å². The third-order valence-electron chi connectivity index (χ3n) is 2.08. The minimum Gasteiger partial charge on any atom is -0.469 e. The Morgan fingerprint density at radius 1 is 1.64 bits per heavy atom. The molecule has 0 amide bonds. The van der Waals surface area contributed by atoms with Crippen molar-refractivity contribution in [2.24, 2.45) is 0 Å². The summed E-state index contributed by atoms with van der Waals surface area (Å²) in [6.07, 6.45) is 0.407. The highest BCUT2D eigenvalue weighted by Crippen LogP contribution is 2.26. The van der Waals surface area contributed by atoms with Crippen LogP contribution in [0, 0.1) is 0 Å². The lowest BCUT2D eigenvalue weighted by molar-refractivity contribution is -0.141. The van der Waals surface area contributed by atoms with Gasteiger partial charge in [-0.2, -0.15) is 0 Å². The Labute approximate surface area is 88.3 Å². The van der Waals surface area contributed by atoms with E-state index < -0.39 is 0 Å². The fourth-order valence-corrected chi connectivity index (χ4v) is 2.18. The molecule has 0 saturated heterocycles. The van der Waals surface area contributed by atoms with Crippen molar-refractivity contribution in [2.45, 2.75) is 12.5 Å². The Balaban J connectivity index is 2.70. The van der Waals surface area contributed by atoms with Crippen LogP contribution in [0.1, 0.15) is 17.3 Å². The van der Waals surface area contributed by atoms with Crippen LogP contribution < -0.4 is 0 Å². The Hall–Kier alpha value is -0.870. The fourth-order valence-electron chi connectivity index (χ4n) is 1.26. The van der Waals surface area contributed by atoms with Gasteiger partial charge in [0.15, 0.2) is 0 Å². The maximum Gasteiger partial charge on any atom is 0.307 e. The number of ether oxygens (including phenoxy) is 1. The van der Waals surface area contributed by atoms with Gasteiger partial charge in [0, 0.05) is 4.88 Å². The van der Waals surface area contributed by atoms with E-state index >= 15 is 0 Å². The highest BCUT2D eigenvalue weighted by Gasteiger charge is 2.19. The molecule has 0 aromatic carbocycles. The molecule has 1 heterocycles. The van der Waals surface area contributed by atoms with E-state index in [2.05, 4.69) is 4.74 Å². The van der Waals surface area contributed by atoms with Gasteiger partial charge in [-0.05, 0) is 25.5 Å². The average Bonchev–Trinajstić information content (AvgIpc) is 2.65. The molecule has 0 aliphatic carbocycles. The minimum atomic E-state index is -0.169. The van der Waals surface area contributed by atoms with Crippen LogP contribution in [0.25, 0.3) is 0 Å². The highest BCUT2D eigenvalue weighted by atomic mass is 32.1. The Bertz CT molecular complexity index is 282. The van der Waals surface area contributed by atoms with E-state index in [4.69, 9.17) is 0 Å². The first kappa shape index (κ1) is 11.2. The van der Waals surface area contributed by atoms with Crippen LogP contribution >= 0.6 is 11.3 Å². The molecule has 78 valence electrons. The number of carbonyl (C=O) groups is 1. The van der Waals surface area contributed by atoms with E-state index in [1.165, 1.54) is 12.0 Å². The number of esters is 1. The van der Waals surface area contributed by atoms with Gasteiger partial charge in [0.25, 0.3) is 0 Å². The Morgan fingerprint density at radius 3 is 2.79 bits per heavy atom. The van der Waals surface area contributed by atoms with E-state index in [9.17, 15) is 4.79 Å². The first-order chi connectivity index (χ1) is 6.65. The molecule has 1 aromatic heterocycles. The lowest BCUT2D eigenvalue weighted by atomic mass is 10.1. The zero-order chi connectivity index (χ0) is 10.6. The molecule has 1 atom stereocenters. The summed E-state index contributed by atoms with van der Waals surface area (Å²) < 4.78 is 4.67. The molecule has 0 bridgehead atoms. The molecule has 0 aliphatic rings. The van der Waals surface area contributed by atoms with Crippen LogP contribution in [0.5, 0.6) is 0 Å². The van der Waals surface area contributed by atoms with E-state index in [0.717, 1.165) is 0 Å². The normalized spacial score (nSPS) is 12.9. The van der Waals surface area contributed by atoms with Crippen molar-refractivity contribution in [3.8, 4) is 0 Å². The van der Waals surface area contributed by atoms with Gasteiger partial charge >= 0.3 is 5.97 Å². The molecule has 0 spiro atoms. The van der Waals surface area contributed by atoms with Crippen molar-refractivity contribution < 1.29 is 9.53 Å². The third-order valence-corrected chi connectivity index (χ3v) is 3.06. The van der Waals surface area contributed by atoms with Crippen molar-refractivity contribution in [1.82, 2.24) is 4.90 Å². The second kappa shape index (κ2) is 5.12. The van der Waals surface area contributed by atoms with Gasteiger partial charge in [-0.3, -0.25) is 4.79 Å². The predicted molar refractivity (Wildman–Crippen MR) is 57.4 cm³/mol. The first-order valence-corrected chi connectivity index (χ1v) is 5.29. The summed E-state index contributed by atoms with van der Waals surface area (Å²) in [5, 5.41) is 2.02. The van der Waals surface area contributed by atoms with Crippen LogP contribution in [0.15, 0.2) is 17.5 Å². The first-order valence-electron chi connectivity index (χ1n) is 4.41. The van der Waals surface area contributed by atoms with E-state index in [1.54, 1.807) is 11.3 Å². The zero-order valence-electron chi connectivity index (χ0n) is 8.69. The Kier molecular flexibility index (Phi) is 4.10. The van der Waals surface area contributed by atoms with Gasteiger partial charge in [-0.1, -0.05) is 6.07 Å². The van der Waals surface area contributed by atoms with Crippen LogP contribution in [0.4, 0.5) is 0 Å². The van der Waals surface area contributed by atoms with Gasteiger partial charge < -0.3 is 9.64 Å². The number of methoxy groups -OCH3 is 1. The summed E-state index contributed by atoms with van der Waals surface area (Å²) in [4.78, 5) is 14.4. The lowest BCUT2D eigenvalue weighted by Gasteiger charge is -2.21. The second-order valence-electron chi connectivity index (χ2n) is 3.28. The molecular formula is C10H15NO2S. The average molecular weight is 213 g/mol. The molecule has 0 saturated carbocycles. The van der Waals surface area contributed by atoms with Gasteiger partial charge in [0.05, 0.1) is 19.6 Å². The third kappa shape index (κ3) is 2.82. The summed E-state index contributed by atoms with van der Waals surface area (Å²) in [5.74, 6) is -0.169. The van der Waals surface area contributed by atoms with Crippen molar-refractivity contribution >= 4 is 17.3 Å². The highest BCUT2D eigenvalue weighted by molar-refractivity contribution is 7.10. The van der Waals surface area contributed by atoms with Gasteiger partial charge in [-0.25, -0.2) is 0 Å². The maximum atomic E-state index is 11.2. The molecule has 0 N–H and O–H groups in total. The van der Waals surface area contributed by atoms with Crippen molar-refractivity contribution in [3.63, 3.8) is 0 Å². The van der Waals surface area contributed by atoms with Crippen LogP contribution in [0.3, 0.4) is 0 Å². The summed E-state index contributed by atoms with van der Waals surface area (Å²) >= 11 is 1.66. The summed E-state index contributed by atoms with van der Waals surface area (Å²) in [7, 11) is 5.35. The molecule has 1 aromatic rings. The molecule has 4 heteroatoms. The number of carbonyl (C=O) groups excluding carboxylic acids is 1. The second-order valence-corrected chi connectivity index (χ2v) is 4.25. The van der Waals surface area contributed by atoms with Crippen LogP contribution in [0.2, 0.25) is 0 Å². The largest absolute Gasteiger partial charge is 0.469 e. The van der Waals surface area contributed by atoms with Gasteiger partial charge in [0.1, 0.15) is 0 Å². The molecule has 0 aliphatic heterocycles. The molecule has 0 radical (unpaired) electrons. The topological polar surface area (TPSA) is 29.5 Å². The number of nitrogens with zero attached hydrogens (tertiary/aromatic N) is 1. The van der Waals surface area contributed by atoms with Gasteiger partial charge in [-0.15, -0.1) is 11.3 Å². The van der Waals surface area contributed by atoms with Crippen LogP contribution in [-0.2, 0) is 9.53 Å². The fraction of sp³-hybridized carbons (Fsp3) is 0.500. The zero-order valence-corrected chi connectivity index (χ0v) is 9.50. The summed E-state index contributed by atoms with van der Waals surface area (Å²) in [6, 6.07) is 4.16. The number of thiophene rings is 1. The monoisotopic (exact) mass is 213 g/mol. The summed E-state index contributed by atoms with van der Waals surface area (Å²) in [5.41, 5.74) is 0. The maximum absolute atomic E-state index is 11.2. The standard InChI is InChI=1S/C10H15NO2S/c1-11(2)8(7-10(12)13-3)9-5-4-6-14-9/h4-6,8H,7H2,1-3H3. The molecular weight excluding hydrogens is 198 g/mol. The van der Waals surface area contributed by atoms with Crippen LogP contribution in [-0.4, -0.2) is 32.1 Å². The summed E-state index contributed by atoms with van der Waals surface area (Å²) in [6.45, 7) is 0. The molecule has 1 unspecified atom stereocenters. The predicted octanol–water partition coefficient (Wildman–Crippen LogP) is 1.91. The number of hydrogen-bond acceptors (Lipinski definition) is 4. The molecule has 3 nitrogen and oxygen atoms in total. The van der Waals surface area contributed by atoms with Crippen molar-refractivity contribution in [3.05, 3.63) is 22.4 Å². The molecule has 14 heavy (non-hydrogen) atoms. The van der Waals surface area contributed by atoms with Crippen molar-refractivity contribution in [2.75, 3.05) is 21.2 Å². The quantitative estimate of drug-likeness (QED) is 0.716. The minimum absolute atomic E-state index is 0.127. The molecule has 1 rings (SSSR count). The SMILES string of the molecule is COC(=O)CC(c1cccs1)N(C)C. The smallest absolute Gasteiger partial charge is 0.307 e. The lowest BCUT2D eigenvalue weighted by Crippen LogP contribution is -2.22. The Morgan fingerprint density at radius 2 is 2.36 bits per heavy atom. The van der Waals surface area contributed by atoms with Crippen molar-refractivity contribution in [1.29, 1.82) is 0 Å². The number of hydrogen-bond donors (Lipinski definition) is 0.